The van der Waals surface area contributed by atoms with Crippen molar-refractivity contribution < 1.29 is 4.92 Å². The third kappa shape index (κ3) is 2.65. The zero-order valence-corrected chi connectivity index (χ0v) is 9.65. The van der Waals surface area contributed by atoms with E-state index in [1.165, 1.54) is 6.07 Å². The SMILES string of the molecule is Cc1ccc([N+](=O)[O-])c(C(C)C(C)Cl)n1. The molecule has 0 fully saturated rings. The van der Waals surface area contributed by atoms with Crippen LogP contribution in [0.3, 0.4) is 0 Å². The Balaban J connectivity index is 3.24. The molecule has 0 bridgehead atoms. The lowest BCUT2D eigenvalue weighted by Crippen LogP contribution is -2.10. The molecule has 4 nitrogen and oxygen atoms in total. The number of halogens is 1. The Morgan fingerprint density at radius 3 is 2.53 bits per heavy atom. The molecule has 0 N–H and O–H groups in total. The van der Waals surface area contributed by atoms with Crippen LogP contribution in [0.25, 0.3) is 0 Å². The first-order valence-corrected chi connectivity index (χ1v) is 5.13. The van der Waals surface area contributed by atoms with Crippen molar-refractivity contribution in [1.29, 1.82) is 0 Å². The average molecular weight is 229 g/mol. The molecule has 2 unspecified atom stereocenters. The van der Waals surface area contributed by atoms with Gasteiger partial charge in [0.1, 0.15) is 5.69 Å². The average Bonchev–Trinajstić information content (AvgIpc) is 2.15. The fraction of sp³-hybridized carbons (Fsp3) is 0.500. The number of nitrogens with zero attached hydrogens (tertiary/aromatic N) is 2. The molecule has 0 saturated carbocycles. The minimum absolute atomic E-state index is 0.0422. The van der Waals surface area contributed by atoms with Crippen LogP contribution in [0.2, 0.25) is 0 Å². The van der Waals surface area contributed by atoms with Crippen LogP contribution in [0.15, 0.2) is 12.1 Å². The van der Waals surface area contributed by atoms with Gasteiger partial charge in [-0.2, -0.15) is 0 Å². The van der Waals surface area contributed by atoms with Crippen LogP contribution < -0.4 is 0 Å². The summed E-state index contributed by atoms with van der Waals surface area (Å²) in [5.41, 5.74) is 1.27. The Kier molecular flexibility index (Phi) is 3.63. The Morgan fingerprint density at radius 1 is 1.47 bits per heavy atom. The number of aromatic nitrogens is 1. The minimum atomic E-state index is -0.419. The van der Waals surface area contributed by atoms with Gasteiger partial charge in [0.05, 0.1) is 4.92 Å². The van der Waals surface area contributed by atoms with E-state index in [9.17, 15) is 10.1 Å². The third-order valence-electron chi connectivity index (χ3n) is 2.36. The molecule has 0 aliphatic heterocycles. The smallest absolute Gasteiger partial charge is 0.258 e. The zero-order chi connectivity index (χ0) is 11.6. The quantitative estimate of drug-likeness (QED) is 0.454. The van der Waals surface area contributed by atoms with Gasteiger partial charge in [-0.3, -0.25) is 15.1 Å². The van der Waals surface area contributed by atoms with Gasteiger partial charge in [-0.1, -0.05) is 6.92 Å². The van der Waals surface area contributed by atoms with Gasteiger partial charge in [0.25, 0.3) is 5.69 Å². The van der Waals surface area contributed by atoms with Crippen molar-refractivity contribution in [3.05, 3.63) is 33.6 Å². The molecule has 0 amide bonds. The van der Waals surface area contributed by atoms with Crippen molar-refractivity contribution in [2.24, 2.45) is 0 Å². The summed E-state index contributed by atoms with van der Waals surface area (Å²) < 4.78 is 0. The lowest BCUT2D eigenvalue weighted by atomic mass is 10.0. The maximum absolute atomic E-state index is 10.8. The minimum Gasteiger partial charge on any atom is -0.258 e. The monoisotopic (exact) mass is 228 g/mol. The largest absolute Gasteiger partial charge is 0.291 e. The maximum Gasteiger partial charge on any atom is 0.291 e. The summed E-state index contributed by atoms with van der Waals surface area (Å²) in [4.78, 5) is 14.6. The van der Waals surface area contributed by atoms with Crippen molar-refractivity contribution in [2.75, 3.05) is 0 Å². The third-order valence-corrected chi connectivity index (χ3v) is 2.74. The van der Waals surface area contributed by atoms with Crippen molar-refractivity contribution >= 4 is 17.3 Å². The van der Waals surface area contributed by atoms with E-state index in [2.05, 4.69) is 4.98 Å². The molecule has 1 aromatic heterocycles. The van der Waals surface area contributed by atoms with E-state index in [1.54, 1.807) is 19.9 Å². The van der Waals surface area contributed by atoms with Crippen LogP contribution in [-0.2, 0) is 0 Å². The van der Waals surface area contributed by atoms with Crippen LogP contribution >= 0.6 is 11.6 Å². The predicted octanol–water partition coefficient (Wildman–Crippen LogP) is 3.03. The van der Waals surface area contributed by atoms with Crippen LogP contribution in [0.1, 0.15) is 31.2 Å². The molecular formula is C10H13ClN2O2. The van der Waals surface area contributed by atoms with E-state index in [-0.39, 0.29) is 17.0 Å². The summed E-state index contributed by atoms with van der Waals surface area (Å²) in [5, 5.41) is 10.6. The Hall–Kier alpha value is -1.16. The highest BCUT2D eigenvalue weighted by atomic mass is 35.5. The van der Waals surface area contributed by atoms with Gasteiger partial charge < -0.3 is 0 Å². The fourth-order valence-electron chi connectivity index (χ4n) is 1.28. The molecule has 0 aliphatic rings. The molecule has 0 aromatic carbocycles. The molecule has 15 heavy (non-hydrogen) atoms. The molecular weight excluding hydrogens is 216 g/mol. The van der Waals surface area contributed by atoms with Crippen LogP contribution in [0, 0.1) is 17.0 Å². The van der Waals surface area contributed by atoms with Gasteiger partial charge in [-0.05, 0) is 19.9 Å². The van der Waals surface area contributed by atoms with E-state index >= 15 is 0 Å². The van der Waals surface area contributed by atoms with Gasteiger partial charge in [-0.15, -0.1) is 11.6 Å². The number of aryl methyl sites for hydroxylation is 1. The summed E-state index contributed by atoms with van der Waals surface area (Å²) in [6.45, 7) is 5.45. The van der Waals surface area contributed by atoms with Gasteiger partial charge in [-0.25, -0.2) is 0 Å². The number of alkyl halides is 1. The molecule has 2 atom stereocenters. The van der Waals surface area contributed by atoms with Crippen molar-refractivity contribution in [3.63, 3.8) is 0 Å². The second kappa shape index (κ2) is 4.57. The predicted molar refractivity (Wildman–Crippen MR) is 59.4 cm³/mol. The molecule has 0 spiro atoms. The van der Waals surface area contributed by atoms with E-state index < -0.39 is 4.92 Å². The molecule has 1 heterocycles. The number of nitro groups is 1. The molecule has 5 heteroatoms. The van der Waals surface area contributed by atoms with Gasteiger partial charge in [0, 0.05) is 23.1 Å². The standard InChI is InChI=1S/C10H13ClN2O2/c1-6-4-5-9(13(14)15)10(12-6)7(2)8(3)11/h4-5,7-8H,1-3H3. The van der Waals surface area contributed by atoms with Crippen LogP contribution in [0.5, 0.6) is 0 Å². The summed E-state index contributed by atoms with van der Waals surface area (Å²) in [6, 6.07) is 3.11. The Morgan fingerprint density at radius 2 is 2.07 bits per heavy atom. The molecule has 0 radical (unpaired) electrons. The normalized spacial score (nSPS) is 14.7. The lowest BCUT2D eigenvalue weighted by molar-refractivity contribution is -0.386. The topological polar surface area (TPSA) is 56.0 Å². The van der Waals surface area contributed by atoms with Crippen LogP contribution in [-0.4, -0.2) is 15.3 Å². The highest BCUT2D eigenvalue weighted by molar-refractivity contribution is 6.20. The van der Waals surface area contributed by atoms with Crippen molar-refractivity contribution in [3.8, 4) is 0 Å². The molecule has 0 aliphatic carbocycles. The van der Waals surface area contributed by atoms with E-state index in [0.29, 0.717) is 5.69 Å². The molecule has 1 aromatic rings. The highest BCUT2D eigenvalue weighted by Crippen LogP contribution is 2.29. The van der Waals surface area contributed by atoms with Crippen molar-refractivity contribution in [2.45, 2.75) is 32.1 Å². The molecule has 0 saturated heterocycles. The molecule has 1 rings (SSSR count). The Labute approximate surface area is 93.4 Å². The van der Waals surface area contributed by atoms with Crippen molar-refractivity contribution in [1.82, 2.24) is 4.98 Å². The summed E-state index contributed by atoms with van der Waals surface area (Å²) in [5.74, 6) is -0.132. The first kappa shape index (κ1) is 11.9. The second-order valence-electron chi connectivity index (χ2n) is 3.58. The zero-order valence-electron chi connectivity index (χ0n) is 8.90. The highest BCUT2D eigenvalue weighted by Gasteiger charge is 2.23. The van der Waals surface area contributed by atoms with E-state index in [0.717, 1.165) is 5.69 Å². The van der Waals surface area contributed by atoms with E-state index in [4.69, 9.17) is 11.6 Å². The fourth-order valence-corrected chi connectivity index (χ4v) is 1.40. The van der Waals surface area contributed by atoms with E-state index in [1.807, 2.05) is 6.92 Å². The summed E-state index contributed by atoms with van der Waals surface area (Å²) in [7, 11) is 0. The lowest BCUT2D eigenvalue weighted by Gasteiger charge is -2.13. The Bertz CT molecular complexity index is 380. The van der Waals surface area contributed by atoms with Gasteiger partial charge in [0.2, 0.25) is 0 Å². The molecule has 82 valence electrons. The number of pyridine rings is 1. The summed E-state index contributed by atoms with van der Waals surface area (Å²) in [6.07, 6.45) is 0. The summed E-state index contributed by atoms with van der Waals surface area (Å²) >= 11 is 5.93. The number of hydrogen-bond acceptors (Lipinski definition) is 3. The first-order chi connectivity index (χ1) is 6.93. The van der Waals surface area contributed by atoms with Crippen LogP contribution in [0.4, 0.5) is 5.69 Å². The van der Waals surface area contributed by atoms with Gasteiger partial charge >= 0.3 is 0 Å². The number of hydrogen-bond donors (Lipinski definition) is 0. The first-order valence-electron chi connectivity index (χ1n) is 4.69. The number of rotatable bonds is 3. The van der Waals surface area contributed by atoms with Gasteiger partial charge in [0.15, 0.2) is 0 Å². The maximum atomic E-state index is 10.8. The second-order valence-corrected chi connectivity index (χ2v) is 4.27.